The van der Waals surface area contributed by atoms with Crippen LogP contribution in [0.1, 0.15) is 16.7 Å². The molecule has 0 amide bonds. The molecule has 5 aromatic rings. The quantitative estimate of drug-likeness (QED) is 0.283. The van der Waals surface area contributed by atoms with E-state index >= 15 is 0 Å². The topological polar surface area (TPSA) is 23.8 Å². The highest BCUT2D eigenvalue weighted by Crippen LogP contribution is 2.49. The van der Waals surface area contributed by atoms with Crippen molar-refractivity contribution in [2.75, 3.05) is 0 Å². The molecule has 0 spiro atoms. The molecule has 1 aliphatic carbocycles. The average Bonchev–Trinajstić information content (AvgIpc) is 3.15. The van der Waals surface area contributed by atoms with E-state index in [1.807, 2.05) is 12.1 Å². The lowest BCUT2D eigenvalue weighted by atomic mass is 9.90. The van der Waals surface area contributed by atoms with Gasteiger partial charge in [-0.2, -0.15) is 5.26 Å². The molecule has 1 heteroatoms. The zero-order valence-electron chi connectivity index (χ0n) is 18.1. The minimum Gasteiger partial charge on any atom is -0.192 e. The summed E-state index contributed by atoms with van der Waals surface area (Å²) in [5.41, 5.74) is 13.0. The molecular formula is C31H21N. The van der Waals surface area contributed by atoms with Crippen molar-refractivity contribution in [1.82, 2.24) is 0 Å². The third-order valence-electron chi connectivity index (χ3n) is 6.68. The van der Waals surface area contributed by atoms with Crippen LogP contribution < -0.4 is 0 Å². The number of fused-ring (bicyclic) bond motifs is 3. The second-order valence-corrected chi connectivity index (χ2v) is 8.66. The first-order valence-corrected chi connectivity index (χ1v) is 10.9. The first kappa shape index (κ1) is 18.6. The predicted octanol–water partition coefficient (Wildman–Crippen LogP) is 8.31. The van der Waals surface area contributed by atoms with Crippen molar-refractivity contribution in [2.24, 2.45) is 0 Å². The van der Waals surface area contributed by atoms with Gasteiger partial charge in [-0.3, -0.25) is 0 Å². The van der Waals surface area contributed by atoms with Crippen molar-refractivity contribution < 1.29 is 0 Å². The fourth-order valence-corrected chi connectivity index (χ4v) is 5.01. The Morgan fingerprint density at radius 2 is 1.28 bits per heavy atom. The van der Waals surface area contributed by atoms with Crippen LogP contribution in [0.15, 0.2) is 91.0 Å². The Hall–Kier alpha value is -4.15. The van der Waals surface area contributed by atoms with E-state index in [2.05, 4.69) is 98.8 Å². The van der Waals surface area contributed by atoms with E-state index in [0.717, 1.165) is 16.7 Å². The monoisotopic (exact) mass is 407 g/mol. The van der Waals surface area contributed by atoms with E-state index < -0.39 is 0 Å². The minimum atomic E-state index is 0.679. The molecule has 0 radical (unpaired) electrons. The van der Waals surface area contributed by atoms with Gasteiger partial charge < -0.3 is 0 Å². The highest BCUT2D eigenvalue weighted by atomic mass is 14.3. The number of aryl methyl sites for hydroxylation is 2. The Labute approximate surface area is 188 Å². The van der Waals surface area contributed by atoms with Crippen molar-refractivity contribution >= 4 is 10.8 Å². The van der Waals surface area contributed by atoms with Gasteiger partial charge in [-0.1, -0.05) is 78.4 Å². The molecule has 0 fully saturated rings. The Bertz CT molecular complexity index is 1580. The molecule has 0 heterocycles. The van der Waals surface area contributed by atoms with Gasteiger partial charge in [0, 0.05) is 0 Å². The van der Waals surface area contributed by atoms with Crippen molar-refractivity contribution in [3.05, 3.63) is 108 Å². The van der Waals surface area contributed by atoms with Crippen LogP contribution >= 0.6 is 0 Å². The maximum absolute atomic E-state index is 9.50. The van der Waals surface area contributed by atoms with Gasteiger partial charge in [0.2, 0.25) is 0 Å². The van der Waals surface area contributed by atoms with Crippen LogP contribution in [-0.4, -0.2) is 0 Å². The van der Waals surface area contributed by atoms with Gasteiger partial charge >= 0.3 is 0 Å². The molecule has 0 aliphatic heterocycles. The van der Waals surface area contributed by atoms with Gasteiger partial charge in [-0.25, -0.2) is 0 Å². The van der Waals surface area contributed by atoms with Crippen LogP contribution in [0.25, 0.3) is 55.3 Å². The highest BCUT2D eigenvalue weighted by molar-refractivity contribution is 6.16. The maximum atomic E-state index is 9.50. The molecule has 0 unspecified atom stereocenters. The second-order valence-electron chi connectivity index (χ2n) is 8.66. The van der Waals surface area contributed by atoms with Crippen LogP contribution in [0.5, 0.6) is 0 Å². The largest absolute Gasteiger partial charge is 0.192 e. The summed E-state index contributed by atoms with van der Waals surface area (Å²) < 4.78 is 0. The van der Waals surface area contributed by atoms with Gasteiger partial charge in [0.1, 0.15) is 0 Å². The van der Waals surface area contributed by atoms with Crippen LogP contribution in [-0.2, 0) is 0 Å². The van der Waals surface area contributed by atoms with Gasteiger partial charge in [0.25, 0.3) is 0 Å². The van der Waals surface area contributed by atoms with Crippen molar-refractivity contribution in [3.63, 3.8) is 0 Å². The van der Waals surface area contributed by atoms with Gasteiger partial charge in [-0.15, -0.1) is 0 Å². The molecule has 6 rings (SSSR count). The number of nitriles is 1. The molecule has 0 bridgehead atoms. The molecule has 0 N–H and O–H groups in total. The van der Waals surface area contributed by atoms with E-state index in [9.17, 15) is 5.26 Å². The lowest BCUT2D eigenvalue weighted by Crippen LogP contribution is -1.89. The van der Waals surface area contributed by atoms with Crippen LogP contribution in [0.2, 0.25) is 0 Å². The summed E-state index contributed by atoms with van der Waals surface area (Å²) in [6.07, 6.45) is 0. The molecule has 0 saturated carbocycles. The number of benzene rings is 5. The molecule has 1 nitrogen and oxygen atoms in total. The van der Waals surface area contributed by atoms with Crippen LogP contribution in [0.3, 0.4) is 0 Å². The van der Waals surface area contributed by atoms with Crippen molar-refractivity contribution in [1.29, 1.82) is 5.26 Å². The smallest absolute Gasteiger partial charge is 0.0991 e. The number of nitrogens with zero attached hydrogens (tertiary/aromatic N) is 1. The molecule has 0 saturated heterocycles. The van der Waals surface area contributed by atoms with E-state index in [-0.39, 0.29) is 0 Å². The molecule has 0 aromatic heterocycles. The lowest BCUT2D eigenvalue weighted by molar-refractivity contribution is 1.45. The molecule has 0 atom stereocenters. The highest BCUT2D eigenvalue weighted by Gasteiger charge is 2.22. The Morgan fingerprint density at radius 3 is 2.09 bits per heavy atom. The van der Waals surface area contributed by atoms with E-state index in [4.69, 9.17) is 0 Å². The van der Waals surface area contributed by atoms with Gasteiger partial charge in [0.05, 0.1) is 11.6 Å². The number of rotatable bonds is 2. The Kier molecular flexibility index (Phi) is 4.03. The molecular weight excluding hydrogens is 386 g/mol. The standard InChI is InChI=1S/C31H21N/c1-19-6-10-22(11-7-19)29-16-21(18-32)9-14-25(29)23-12-15-26-27-5-3-4-24-20(2)8-13-28(31(24)27)30(26)17-23/h3-17H,1-2H3. The third kappa shape index (κ3) is 2.70. The van der Waals surface area contributed by atoms with Gasteiger partial charge in [-0.05, 0) is 92.9 Å². The Morgan fingerprint density at radius 1 is 0.562 bits per heavy atom. The van der Waals surface area contributed by atoms with Crippen molar-refractivity contribution in [2.45, 2.75) is 13.8 Å². The normalized spacial score (nSPS) is 11.4. The fourth-order valence-electron chi connectivity index (χ4n) is 5.01. The fraction of sp³-hybridized carbons (Fsp3) is 0.0645. The zero-order valence-corrected chi connectivity index (χ0v) is 18.1. The Balaban J connectivity index is 1.58. The van der Waals surface area contributed by atoms with E-state index in [0.29, 0.717) is 5.56 Å². The van der Waals surface area contributed by atoms with E-state index in [1.54, 1.807) is 0 Å². The molecule has 150 valence electrons. The summed E-state index contributed by atoms with van der Waals surface area (Å²) in [5.74, 6) is 0. The lowest BCUT2D eigenvalue weighted by Gasteiger charge is -2.13. The van der Waals surface area contributed by atoms with Crippen LogP contribution in [0.4, 0.5) is 0 Å². The second kappa shape index (κ2) is 6.94. The summed E-state index contributed by atoms with van der Waals surface area (Å²) in [7, 11) is 0. The average molecular weight is 408 g/mol. The number of hydrogen-bond donors (Lipinski definition) is 0. The minimum absolute atomic E-state index is 0.679. The van der Waals surface area contributed by atoms with Gasteiger partial charge in [0.15, 0.2) is 0 Å². The first-order chi connectivity index (χ1) is 15.6. The summed E-state index contributed by atoms with van der Waals surface area (Å²) in [5, 5.41) is 12.2. The van der Waals surface area contributed by atoms with E-state index in [1.165, 1.54) is 49.7 Å². The molecule has 5 aromatic carbocycles. The molecule has 32 heavy (non-hydrogen) atoms. The SMILES string of the molecule is Cc1ccc(-c2cc(C#N)ccc2-c2ccc3c(c2)-c2ccc(C)c4cccc-3c24)cc1. The first-order valence-electron chi connectivity index (χ1n) is 10.9. The summed E-state index contributed by atoms with van der Waals surface area (Å²) >= 11 is 0. The zero-order chi connectivity index (χ0) is 21.8. The maximum Gasteiger partial charge on any atom is 0.0991 e. The summed E-state index contributed by atoms with van der Waals surface area (Å²) in [6, 6.07) is 34.7. The number of hydrogen-bond acceptors (Lipinski definition) is 1. The predicted molar refractivity (Wildman–Crippen MR) is 133 cm³/mol. The summed E-state index contributed by atoms with van der Waals surface area (Å²) in [6.45, 7) is 4.28. The van der Waals surface area contributed by atoms with Crippen molar-refractivity contribution in [3.8, 4) is 50.6 Å². The molecule has 1 aliphatic rings. The van der Waals surface area contributed by atoms with Crippen LogP contribution in [0, 0.1) is 25.2 Å². The summed E-state index contributed by atoms with van der Waals surface area (Å²) in [4.78, 5) is 0. The third-order valence-corrected chi connectivity index (χ3v) is 6.68.